The average Bonchev–Trinajstić information content (AvgIpc) is 3.20. The van der Waals surface area contributed by atoms with E-state index < -0.39 is 16.4 Å². The maximum Gasteiger partial charge on any atom is 0.282 e. The van der Waals surface area contributed by atoms with Gasteiger partial charge in [0.15, 0.2) is 5.65 Å². The molecule has 1 aliphatic rings. The number of imidazole rings is 1. The molecule has 0 amide bonds. The fourth-order valence-electron chi connectivity index (χ4n) is 3.90. The van der Waals surface area contributed by atoms with Gasteiger partial charge in [0.05, 0.1) is 23.8 Å². The van der Waals surface area contributed by atoms with E-state index in [-0.39, 0.29) is 18.2 Å². The molecule has 3 N–H and O–H groups in total. The predicted octanol–water partition coefficient (Wildman–Crippen LogP) is 1.95. The summed E-state index contributed by atoms with van der Waals surface area (Å²) in [7, 11) is -3.25. The van der Waals surface area contributed by atoms with Gasteiger partial charge in [0.1, 0.15) is 11.5 Å². The Balaban J connectivity index is 1.66. The molecule has 9 nitrogen and oxygen atoms in total. The van der Waals surface area contributed by atoms with Crippen LogP contribution in [0.1, 0.15) is 30.7 Å². The van der Waals surface area contributed by atoms with Gasteiger partial charge < -0.3 is 10.6 Å². The molecule has 0 saturated carbocycles. The third kappa shape index (κ3) is 5.03. The van der Waals surface area contributed by atoms with Crippen LogP contribution in [0.4, 0.5) is 14.6 Å². The summed E-state index contributed by atoms with van der Waals surface area (Å²) in [6.45, 7) is 1.99. The van der Waals surface area contributed by atoms with Gasteiger partial charge in [-0.3, -0.25) is 0 Å². The Labute approximate surface area is 184 Å². The quantitative estimate of drug-likeness (QED) is 0.547. The van der Waals surface area contributed by atoms with Crippen LogP contribution in [0.15, 0.2) is 30.5 Å². The molecule has 4 heterocycles. The molecule has 3 aromatic rings. The van der Waals surface area contributed by atoms with Crippen molar-refractivity contribution in [2.24, 2.45) is 11.7 Å². The Bertz CT molecular complexity index is 1220. The first-order chi connectivity index (χ1) is 15.2. The summed E-state index contributed by atoms with van der Waals surface area (Å²) in [6.07, 6.45) is 1.86. The number of hydrogen-bond acceptors (Lipinski definition) is 7. The van der Waals surface area contributed by atoms with Crippen molar-refractivity contribution >= 4 is 21.5 Å². The number of aromatic nitrogens is 4. The van der Waals surface area contributed by atoms with E-state index >= 15 is 0 Å². The first-order valence-electron chi connectivity index (χ1n) is 10.3. The summed E-state index contributed by atoms with van der Waals surface area (Å²) >= 11 is 0. The van der Waals surface area contributed by atoms with Crippen molar-refractivity contribution in [1.82, 2.24) is 24.3 Å². The van der Waals surface area contributed by atoms with Crippen LogP contribution in [0.2, 0.25) is 0 Å². The molecule has 1 aliphatic heterocycles. The number of alkyl halides is 2. The Morgan fingerprint density at radius 1 is 1.31 bits per heavy atom. The molecule has 12 heteroatoms. The van der Waals surface area contributed by atoms with Crippen LogP contribution in [-0.4, -0.2) is 53.9 Å². The van der Waals surface area contributed by atoms with Gasteiger partial charge in [-0.25, -0.2) is 36.4 Å². The highest BCUT2D eigenvalue weighted by Crippen LogP contribution is 2.28. The summed E-state index contributed by atoms with van der Waals surface area (Å²) in [5, 5.41) is 4.04. The van der Waals surface area contributed by atoms with Gasteiger partial charge in [-0.2, -0.15) is 5.10 Å². The second-order valence-electron chi connectivity index (χ2n) is 7.96. The van der Waals surface area contributed by atoms with Crippen LogP contribution < -0.4 is 15.4 Å². The molecule has 3 aromatic heterocycles. The highest BCUT2D eigenvalue weighted by Gasteiger charge is 2.23. The zero-order valence-electron chi connectivity index (χ0n) is 17.6. The van der Waals surface area contributed by atoms with Crippen molar-refractivity contribution in [3.05, 3.63) is 41.9 Å². The molecule has 0 bridgehead atoms. The third-order valence-electron chi connectivity index (χ3n) is 5.45. The van der Waals surface area contributed by atoms with Gasteiger partial charge in [0, 0.05) is 31.7 Å². The fraction of sp³-hybridized carbons (Fsp3) is 0.450. The molecule has 1 atom stereocenters. The number of nitrogens with two attached hydrogens (primary N) is 1. The van der Waals surface area contributed by atoms with Crippen molar-refractivity contribution in [3.63, 3.8) is 0 Å². The molecule has 0 spiro atoms. The van der Waals surface area contributed by atoms with Gasteiger partial charge in [0.2, 0.25) is 10.0 Å². The van der Waals surface area contributed by atoms with Gasteiger partial charge in [0.25, 0.3) is 6.43 Å². The van der Waals surface area contributed by atoms with E-state index in [2.05, 4.69) is 24.7 Å². The molecule has 0 aliphatic carbocycles. The fourth-order valence-corrected chi connectivity index (χ4v) is 4.43. The Hall–Kier alpha value is -2.70. The number of piperidine rings is 1. The molecular formula is C20H25F2N7O2S. The van der Waals surface area contributed by atoms with E-state index in [0.29, 0.717) is 35.9 Å². The van der Waals surface area contributed by atoms with Crippen LogP contribution in [0, 0.1) is 5.92 Å². The first kappa shape index (κ1) is 22.5. The van der Waals surface area contributed by atoms with Gasteiger partial charge in [-0.1, -0.05) is 0 Å². The molecule has 172 valence electrons. The van der Waals surface area contributed by atoms with Gasteiger partial charge in [-0.05, 0) is 43.0 Å². The molecule has 4 rings (SSSR count). The van der Waals surface area contributed by atoms with E-state index in [4.69, 9.17) is 5.73 Å². The number of nitrogens with one attached hydrogen (secondary N) is 1. The lowest BCUT2D eigenvalue weighted by molar-refractivity contribution is 0.144. The zero-order chi connectivity index (χ0) is 22.9. The standard InChI is InChI=1S/C20H25F2N7O2S/c1-32(30,31)25-10-13-3-2-6-28(12-13)19-8-14(7-15(9-23)26-19)17-11-24-18-5-4-16(20(21)22)27-29(17)18/h4-5,7-8,11,13,20,25H,2-3,6,9-10,12,23H2,1H3/t13-/m1/s1. The van der Waals surface area contributed by atoms with E-state index in [1.807, 2.05) is 6.07 Å². The largest absolute Gasteiger partial charge is 0.356 e. The molecule has 0 unspecified atom stereocenters. The SMILES string of the molecule is CS(=O)(=O)NC[C@H]1CCCN(c2cc(-c3cnc4ccc(C(F)F)nn34)cc(CN)n2)C1. The van der Waals surface area contributed by atoms with E-state index in [1.165, 1.54) is 16.6 Å². The minimum absolute atomic E-state index is 0.149. The number of pyridine rings is 1. The summed E-state index contributed by atoms with van der Waals surface area (Å²) in [6, 6.07) is 6.44. The minimum atomic E-state index is -3.25. The maximum absolute atomic E-state index is 13.2. The molecule has 0 aromatic carbocycles. The van der Waals surface area contributed by atoms with Crippen LogP contribution in [0.25, 0.3) is 16.9 Å². The van der Waals surface area contributed by atoms with Crippen molar-refractivity contribution in [2.45, 2.75) is 25.8 Å². The zero-order valence-corrected chi connectivity index (χ0v) is 18.4. The smallest absolute Gasteiger partial charge is 0.282 e. The number of halogens is 2. The van der Waals surface area contributed by atoms with Gasteiger partial charge in [-0.15, -0.1) is 0 Å². The minimum Gasteiger partial charge on any atom is -0.356 e. The summed E-state index contributed by atoms with van der Waals surface area (Å²) in [5.41, 5.74) is 7.93. The maximum atomic E-state index is 13.2. The van der Waals surface area contributed by atoms with Crippen molar-refractivity contribution in [1.29, 1.82) is 0 Å². The Kier molecular flexibility index (Phi) is 6.35. The molecule has 1 saturated heterocycles. The van der Waals surface area contributed by atoms with Crippen LogP contribution >= 0.6 is 0 Å². The Morgan fingerprint density at radius 3 is 2.84 bits per heavy atom. The summed E-state index contributed by atoms with van der Waals surface area (Å²) < 4.78 is 53.2. The highest BCUT2D eigenvalue weighted by atomic mass is 32.2. The predicted molar refractivity (Wildman–Crippen MR) is 117 cm³/mol. The van der Waals surface area contributed by atoms with Crippen molar-refractivity contribution in [2.75, 3.05) is 30.8 Å². The molecule has 1 fully saturated rings. The van der Waals surface area contributed by atoms with Crippen molar-refractivity contribution in [3.8, 4) is 11.3 Å². The molecule has 0 radical (unpaired) electrons. The van der Waals surface area contributed by atoms with E-state index in [9.17, 15) is 17.2 Å². The number of hydrogen-bond donors (Lipinski definition) is 2. The van der Waals surface area contributed by atoms with Crippen molar-refractivity contribution < 1.29 is 17.2 Å². The highest BCUT2D eigenvalue weighted by molar-refractivity contribution is 7.88. The lowest BCUT2D eigenvalue weighted by Gasteiger charge is -2.34. The van der Waals surface area contributed by atoms with Crippen LogP contribution in [-0.2, 0) is 16.6 Å². The lowest BCUT2D eigenvalue weighted by Crippen LogP contribution is -2.41. The first-order valence-corrected chi connectivity index (χ1v) is 12.2. The summed E-state index contributed by atoms with van der Waals surface area (Å²) in [4.78, 5) is 11.0. The second kappa shape index (κ2) is 9.04. The monoisotopic (exact) mass is 465 g/mol. The number of anilines is 1. The molecule has 32 heavy (non-hydrogen) atoms. The third-order valence-corrected chi connectivity index (χ3v) is 6.14. The number of fused-ring (bicyclic) bond motifs is 1. The second-order valence-corrected chi connectivity index (χ2v) is 9.79. The topological polar surface area (TPSA) is 119 Å². The summed E-state index contributed by atoms with van der Waals surface area (Å²) in [5.74, 6) is 0.850. The normalized spacial score (nSPS) is 17.4. The van der Waals surface area contributed by atoms with Crippen LogP contribution in [0.3, 0.4) is 0 Å². The number of rotatable bonds is 7. The molecular weight excluding hydrogens is 440 g/mol. The lowest BCUT2D eigenvalue weighted by atomic mass is 9.98. The van der Waals surface area contributed by atoms with E-state index in [0.717, 1.165) is 31.2 Å². The Morgan fingerprint density at radius 2 is 2.12 bits per heavy atom. The van der Waals surface area contributed by atoms with Gasteiger partial charge >= 0.3 is 0 Å². The number of nitrogens with zero attached hydrogens (tertiary/aromatic N) is 5. The number of sulfonamides is 1. The average molecular weight is 466 g/mol. The van der Waals surface area contributed by atoms with E-state index in [1.54, 1.807) is 12.3 Å². The van der Waals surface area contributed by atoms with Crippen LogP contribution in [0.5, 0.6) is 0 Å².